The van der Waals surface area contributed by atoms with E-state index in [1.807, 2.05) is 19.9 Å². The lowest BCUT2D eigenvalue weighted by molar-refractivity contribution is 0.618. The van der Waals surface area contributed by atoms with E-state index in [4.69, 9.17) is 5.73 Å². The van der Waals surface area contributed by atoms with Gasteiger partial charge in [0.25, 0.3) is 0 Å². The number of halogens is 1. The van der Waals surface area contributed by atoms with Gasteiger partial charge in [-0.05, 0) is 31.5 Å². The van der Waals surface area contributed by atoms with Gasteiger partial charge in [0, 0.05) is 17.3 Å². The Morgan fingerprint density at radius 2 is 2.18 bits per heavy atom. The van der Waals surface area contributed by atoms with Crippen molar-refractivity contribution in [2.24, 2.45) is 5.73 Å². The van der Waals surface area contributed by atoms with E-state index >= 15 is 0 Å². The van der Waals surface area contributed by atoms with E-state index in [0.717, 1.165) is 16.3 Å². The number of nitrogens with zero attached hydrogens (tertiary/aromatic N) is 1. The normalized spacial score (nSPS) is 12.7. The molecule has 0 saturated heterocycles. The van der Waals surface area contributed by atoms with Crippen molar-refractivity contribution in [3.63, 3.8) is 0 Å². The summed E-state index contributed by atoms with van der Waals surface area (Å²) < 4.78 is 13.1. The Morgan fingerprint density at radius 1 is 1.41 bits per heavy atom. The maximum absolute atomic E-state index is 13.1. The summed E-state index contributed by atoms with van der Waals surface area (Å²) in [6, 6.07) is 6.24. The summed E-state index contributed by atoms with van der Waals surface area (Å²) in [5.74, 6) is -0.246. The van der Waals surface area contributed by atoms with Crippen molar-refractivity contribution in [2.45, 2.75) is 26.3 Å². The van der Waals surface area contributed by atoms with Gasteiger partial charge in [0.2, 0.25) is 0 Å². The van der Waals surface area contributed by atoms with Crippen LogP contribution in [0.4, 0.5) is 4.39 Å². The molecule has 2 N–H and O–H groups in total. The maximum atomic E-state index is 13.1. The van der Waals surface area contributed by atoms with Crippen LogP contribution in [-0.4, -0.2) is 4.98 Å². The average molecular weight is 250 g/mol. The Bertz CT molecular complexity index is 502. The van der Waals surface area contributed by atoms with Crippen LogP contribution in [0.1, 0.15) is 27.2 Å². The van der Waals surface area contributed by atoms with Crippen LogP contribution >= 0.6 is 11.3 Å². The minimum Gasteiger partial charge on any atom is -0.324 e. The van der Waals surface area contributed by atoms with E-state index in [2.05, 4.69) is 4.98 Å². The Kier molecular flexibility index (Phi) is 3.54. The summed E-state index contributed by atoms with van der Waals surface area (Å²) >= 11 is 1.66. The molecule has 0 aliphatic carbocycles. The van der Waals surface area contributed by atoms with Crippen LogP contribution in [0.15, 0.2) is 24.3 Å². The van der Waals surface area contributed by atoms with Crippen molar-refractivity contribution in [2.75, 3.05) is 0 Å². The molecule has 0 fully saturated rings. The van der Waals surface area contributed by atoms with Crippen molar-refractivity contribution >= 4 is 11.3 Å². The number of nitrogens with two attached hydrogens (primary N) is 1. The van der Waals surface area contributed by atoms with E-state index in [1.54, 1.807) is 17.4 Å². The third-order valence-corrected chi connectivity index (χ3v) is 3.84. The number of aryl methyl sites for hydroxylation is 2. The van der Waals surface area contributed by atoms with E-state index in [0.29, 0.717) is 6.42 Å². The van der Waals surface area contributed by atoms with Gasteiger partial charge in [0.1, 0.15) is 5.82 Å². The lowest BCUT2D eigenvalue weighted by atomic mass is 10.1. The topological polar surface area (TPSA) is 38.9 Å². The number of hydrogen-bond donors (Lipinski definition) is 1. The summed E-state index contributed by atoms with van der Waals surface area (Å²) in [7, 11) is 0. The molecule has 2 aromatic rings. The standard InChI is InChI=1S/C13H15FN2S/c1-8-9(2)17-13(16-8)7-12(15)10-4-3-5-11(14)6-10/h3-6,12H,7,15H2,1-2H3. The summed E-state index contributed by atoms with van der Waals surface area (Å²) in [5, 5.41) is 1.01. The van der Waals surface area contributed by atoms with Gasteiger partial charge >= 0.3 is 0 Å². The largest absolute Gasteiger partial charge is 0.324 e. The Hall–Kier alpha value is -1.26. The zero-order chi connectivity index (χ0) is 12.4. The smallest absolute Gasteiger partial charge is 0.123 e. The molecule has 0 radical (unpaired) electrons. The van der Waals surface area contributed by atoms with Gasteiger partial charge in [-0.15, -0.1) is 11.3 Å². The van der Waals surface area contributed by atoms with Crippen LogP contribution in [0.25, 0.3) is 0 Å². The number of hydrogen-bond acceptors (Lipinski definition) is 3. The molecule has 4 heteroatoms. The molecule has 90 valence electrons. The highest BCUT2D eigenvalue weighted by atomic mass is 32.1. The van der Waals surface area contributed by atoms with Gasteiger partial charge in [0.15, 0.2) is 0 Å². The van der Waals surface area contributed by atoms with Crippen molar-refractivity contribution in [1.82, 2.24) is 4.98 Å². The highest BCUT2D eigenvalue weighted by Crippen LogP contribution is 2.22. The van der Waals surface area contributed by atoms with E-state index in [1.165, 1.54) is 17.0 Å². The number of aromatic nitrogens is 1. The summed E-state index contributed by atoms with van der Waals surface area (Å²) in [5.41, 5.74) is 7.92. The highest BCUT2D eigenvalue weighted by molar-refractivity contribution is 7.11. The molecule has 0 saturated carbocycles. The molecule has 2 rings (SSSR count). The minimum absolute atomic E-state index is 0.198. The van der Waals surface area contributed by atoms with Crippen LogP contribution in [0.3, 0.4) is 0 Å². The fourth-order valence-corrected chi connectivity index (χ4v) is 2.66. The summed E-state index contributed by atoms with van der Waals surface area (Å²) in [6.07, 6.45) is 0.656. The van der Waals surface area contributed by atoms with Gasteiger partial charge in [-0.3, -0.25) is 0 Å². The summed E-state index contributed by atoms with van der Waals surface area (Å²) in [6.45, 7) is 4.03. The summed E-state index contributed by atoms with van der Waals surface area (Å²) in [4.78, 5) is 5.66. The first kappa shape index (κ1) is 12.2. The molecule has 1 heterocycles. The van der Waals surface area contributed by atoms with Crippen molar-refractivity contribution < 1.29 is 4.39 Å². The molecule has 1 atom stereocenters. The van der Waals surface area contributed by atoms with Crippen molar-refractivity contribution in [3.05, 3.63) is 51.2 Å². The first-order valence-corrected chi connectivity index (χ1v) is 6.32. The van der Waals surface area contributed by atoms with Gasteiger partial charge in [-0.1, -0.05) is 12.1 Å². The molecule has 1 aromatic carbocycles. The quantitative estimate of drug-likeness (QED) is 0.909. The predicted molar refractivity (Wildman–Crippen MR) is 68.6 cm³/mol. The fraction of sp³-hybridized carbons (Fsp3) is 0.308. The molecule has 0 amide bonds. The molecule has 0 spiro atoms. The van der Waals surface area contributed by atoms with E-state index < -0.39 is 0 Å². The third kappa shape index (κ3) is 2.90. The minimum atomic E-state index is -0.246. The molecular weight excluding hydrogens is 235 g/mol. The molecule has 0 bridgehead atoms. The first-order chi connectivity index (χ1) is 8.06. The zero-order valence-corrected chi connectivity index (χ0v) is 10.7. The highest BCUT2D eigenvalue weighted by Gasteiger charge is 2.11. The van der Waals surface area contributed by atoms with Crippen molar-refractivity contribution in [1.29, 1.82) is 0 Å². The molecule has 0 aliphatic heterocycles. The van der Waals surface area contributed by atoms with Crippen LogP contribution in [0.5, 0.6) is 0 Å². The Labute approximate surface area is 104 Å². The van der Waals surface area contributed by atoms with Gasteiger partial charge < -0.3 is 5.73 Å². The zero-order valence-electron chi connectivity index (χ0n) is 9.90. The third-order valence-electron chi connectivity index (χ3n) is 2.74. The van der Waals surface area contributed by atoms with E-state index in [9.17, 15) is 4.39 Å². The Morgan fingerprint density at radius 3 is 2.76 bits per heavy atom. The van der Waals surface area contributed by atoms with Crippen LogP contribution < -0.4 is 5.73 Å². The van der Waals surface area contributed by atoms with Crippen LogP contribution in [0.2, 0.25) is 0 Å². The average Bonchev–Trinajstić information content (AvgIpc) is 2.58. The van der Waals surface area contributed by atoms with E-state index in [-0.39, 0.29) is 11.9 Å². The SMILES string of the molecule is Cc1nc(CC(N)c2cccc(F)c2)sc1C. The fourth-order valence-electron chi connectivity index (χ4n) is 1.67. The van der Waals surface area contributed by atoms with Gasteiger partial charge in [0.05, 0.1) is 10.7 Å². The first-order valence-electron chi connectivity index (χ1n) is 5.50. The Balaban J connectivity index is 2.14. The predicted octanol–water partition coefficient (Wildman–Crippen LogP) is 3.14. The number of rotatable bonds is 3. The second kappa shape index (κ2) is 4.94. The second-order valence-electron chi connectivity index (χ2n) is 4.11. The lowest BCUT2D eigenvalue weighted by Crippen LogP contribution is -2.13. The molecule has 1 aromatic heterocycles. The lowest BCUT2D eigenvalue weighted by Gasteiger charge is -2.09. The molecule has 2 nitrogen and oxygen atoms in total. The maximum Gasteiger partial charge on any atom is 0.123 e. The van der Waals surface area contributed by atoms with Gasteiger partial charge in [-0.25, -0.2) is 9.37 Å². The van der Waals surface area contributed by atoms with Crippen LogP contribution in [0, 0.1) is 19.7 Å². The molecular formula is C13H15FN2S. The number of thiazole rings is 1. The van der Waals surface area contributed by atoms with Crippen LogP contribution in [-0.2, 0) is 6.42 Å². The number of benzene rings is 1. The second-order valence-corrected chi connectivity index (χ2v) is 5.40. The molecule has 1 unspecified atom stereocenters. The monoisotopic (exact) mass is 250 g/mol. The molecule has 17 heavy (non-hydrogen) atoms. The van der Waals surface area contributed by atoms with Crippen molar-refractivity contribution in [3.8, 4) is 0 Å². The van der Waals surface area contributed by atoms with Gasteiger partial charge in [-0.2, -0.15) is 0 Å². The molecule has 0 aliphatic rings.